The third-order valence-corrected chi connectivity index (χ3v) is 10.4. The molecule has 7 aromatic carbocycles. The van der Waals surface area contributed by atoms with Crippen LogP contribution in [0.15, 0.2) is 159 Å². The number of fused-ring (bicyclic) bond motifs is 12. The van der Waals surface area contributed by atoms with E-state index in [2.05, 4.69) is 133 Å². The Balaban J connectivity index is 1.15. The SMILES string of the molecule is CC1C=CC=C(c2nc3c4ccccc4c4cc(N(c5ccc6c(c5)oc5ccccc56)c5ccc6c(c5)oc5ccccc56)ccc4c3o2)C1. The van der Waals surface area contributed by atoms with Gasteiger partial charge >= 0.3 is 0 Å². The number of benzene rings is 7. The highest BCUT2D eigenvalue weighted by atomic mass is 16.3. The van der Waals surface area contributed by atoms with Crippen LogP contribution in [0.1, 0.15) is 19.2 Å². The number of nitrogens with zero attached hydrogens (tertiary/aromatic N) is 2. The van der Waals surface area contributed by atoms with Gasteiger partial charge in [-0.1, -0.05) is 85.8 Å². The molecule has 3 heterocycles. The van der Waals surface area contributed by atoms with E-state index in [-0.39, 0.29) is 0 Å². The van der Waals surface area contributed by atoms with Crippen LogP contribution in [-0.4, -0.2) is 4.98 Å². The Labute approximate surface area is 292 Å². The smallest absolute Gasteiger partial charge is 0.223 e. The van der Waals surface area contributed by atoms with Crippen LogP contribution < -0.4 is 4.90 Å². The molecule has 0 fully saturated rings. The molecular formula is C46H30N2O3. The molecule has 0 saturated heterocycles. The number of anilines is 3. The predicted molar refractivity (Wildman–Crippen MR) is 209 cm³/mol. The molecule has 0 radical (unpaired) electrons. The molecule has 0 bridgehead atoms. The maximum Gasteiger partial charge on any atom is 0.223 e. The molecule has 242 valence electrons. The molecule has 0 N–H and O–H groups in total. The Hall–Kier alpha value is -6.59. The van der Waals surface area contributed by atoms with Gasteiger partial charge in [0, 0.05) is 67.1 Å². The summed E-state index contributed by atoms with van der Waals surface area (Å²) in [5.41, 5.74) is 9.24. The summed E-state index contributed by atoms with van der Waals surface area (Å²) >= 11 is 0. The van der Waals surface area contributed by atoms with E-state index >= 15 is 0 Å². The van der Waals surface area contributed by atoms with Crippen LogP contribution >= 0.6 is 0 Å². The molecule has 51 heavy (non-hydrogen) atoms. The monoisotopic (exact) mass is 658 g/mol. The van der Waals surface area contributed by atoms with Crippen molar-refractivity contribution in [3.8, 4) is 0 Å². The zero-order chi connectivity index (χ0) is 33.6. The first-order chi connectivity index (χ1) is 25.2. The average molecular weight is 659 g/mol. The number of allylic oxidation sites excluding steroid dienone is 4. The largest absolute Gasteiger partial charge is 0.456 e. The van der Waals surface area contributed by atoms with Crippen LogP contribution in [0.4, 0.5) is 17.1 Å². The van der Waals surface area contributed by atoms with Crippen LogP contribution in [0.3, 0.4) is 0 Å². The fourth-order valence-electron chi connectivity index (χ4n) is 8.00. The molecule has 5 heteroatoms. The Morgan fingerprint density at radius 1 is 0.529 bits per heavy atom. The zero-order valence-corrected chi connectivity index (χ0v) is 27.8. The van der Waals surface area contributed by atoms with E-state index in [9.17, 15) is 0 Å². The summed E-state index contributed by atoms with van der Waals surface area (Å²) in [6.07, 6.45) is 7.37. The van der Waals surface area contributed by atoms with Crippen molar-refractivity contribution in [3.05, 3.63) is 152 Å². The van der Waals surface area contributed by atoms with Gasteiger partial charge < -0.3 is 18.2 Å². The van der Waals surface area contributed by atoms with Crippen molar-refractivity contribution < 1.29 is 13.3 Å². The van der Waals surface area contributed by atoms with E-state index < -0.39 is 0 Å². The van der Waals surface area contributed by atoms with Crippen molar-refractivity contribution in [1.82, 2.24) is 4.98 Å². The Morgan fingerprint density at radius 2 is 1.08 bits per heavy atom. The van der Waals surface area contributed by atoms with Gasteiger partial charge in [-0.15, -0.1) is 0 Å². The maximum absolute atomic E-state index is 6.65. The number of hydrogen-bond acceptors (Lipinski definition) is 5. The van der Waals surface area contributed by atoms with E-state index in [1.165, 1.54) is 0 Å². The van der Waals surface area contributed by atoms with Crippen LogP contribution in [0.5, 0.6) is 0 Å². The molecule has 1 aliphatic rings. The second kappa shape index (κ2) is 10.7. The molecular weight excluding hydrogens is 629 g/mol. The number of hydrogen-bond donors (Lipinski definition) is 0. The van der Waals surface area contributed by atoms with Crippen molar-refractivity contribution in [2.24, 2.45) is 5.92 Å². The number of aromatic nitrogens is 1. The third-order valence-electron chi connectivity index (χ3n) is 10.4. The Morgan fingerprint density at radius 3 is 1.73 bits per heavy atom. The molecule has 0 aliphatic heterocycles. The molecule has 0 saturated carbocycles. The van der Waals surface area contributed by atoms with Crippen molar-refractivity contribution in [2.75, 3.05) is 4.90 Å². The van der Waals surface area contributed by atoms with Gasteiger partial charge in [-0.3, -0.25) is 0 Å². The van der Waals surface area contributed by atoms with Crippen molar-refractivity contribution in [3.63, 3.8) is 0 Å². The number of para-hydroxylation sites is 2. The minimum absolute atomic E-state index is 0.444. The minimum Gasteiger partial charge on any atom is -0.456 e. The quantitative estimate of drug-likeness (QED) is 0.176. The van der Waals surface area contributed by atoms with Gasteiger partial charge in [0.1, 0.15) is 27.8 Å². The summed E-state index contributed by atoms with van der Waals surface area (Å²) in [6.45, 7) is 2.22. The molecule has 11 rings (SSSR count). The zero-order valence-electron chi connectivity index (χ0n) is 27.8. The van der Waals surface area contributed by atoms with Crippen molar-refractivity contribution >= 4 is 99.2 Å². The predicted octanol–water partition coefficient (Wildman–Crippen LogP) is 13.4. The van der Waals surface area contributed by atoms with E-state index in [4.69, 9.17) is 18.2 Å². The Kier molecular flexibility index (Phi) is 5.93. The second-order valence-electron chi connectivity index (χ2n) is 13.6. The van der Waals surface area contributed by atoms with Gasteiger partial charge in [0.25, 0.3) is 0 Å². The lowest BCUT2D eigenvalue weighted by Crippen LogP contribution is -2.09. The van der Waals surface area contributed by atoms with Gasteiger partial charge in [-0.05, 0) is 77.7 Å². The molecule has 0 amide bonds. The first kappa shape index (κ1) is 28.3. The van der Waals surface area contributed by atoms with Crippen LogP contribution in [0.25, 0.3) is 82.1 Å². The summed E-state index contributed by atoms with van der Waals surface area (Å²) < 4.78 is 19.4. The fraction of sp³-hybridized carbons (Fsp3) is 0.0652. The molecule has 1 atom stereocenters. The highest BCUT2D eigenvalue weighted by molar-refractivity contribution is 6.23. The lowest BCUT2D eigenvalue weighted by atomic mass is 9.96. The molecule has 0 spiro atoms. The minimum atomic E-state index is 0.444. The molecule has 1 unspecified atom stereocenters. The lowest BCUT2D eigenvalue weighted by molar-refractivity contribution is 0.576. The maximum atomic E-state index is 6.65. The number of oxazole rings is 1. The van der Waals surface area contributed by atoms with Crippen LogP contribution in [0.2, 0.25) is 0 Å². The van der Waals surface area contributed by atoms with Crippen molar-refractivity contribution in [1.29, 1.82) is 0 Å². The van der Waals surface area contributed by atoms with Gasteiger partial charge in [-0.2, -0.15) is 0 Å². The highest BCUT2D eigenvalue weighted by Crippen LogP contribution is 2.44. The summed E-state index contributed by atoms with van der Waals surface area (Å²) in [5, 5.41) is 8.74. The summed E-state index contributed by atoms with van der Waals surface area (Å²) in [5.74, 6) is 1.14. The molecule has 3 aromatic heterocycles. The Bertz CT molecular complexity index is 2990. The summed E-state index contributed by atoms with van der Waals surface area (Å²) in [7, 11) is 0. The standard InChI is InChI=1S/C46H30N2O3/c1-27-9-8-10-28(23-27)46-47-44-37-14-3-2-11-32(37)39-24-29(19-22-38(39)45(44)51-46)48(30-17-20-35-33-12-4-6-15-40(33)49-42(35)25-30)31-18-21-36-34-13-5-7-16-41(34)50-43(36)26-31/h2-22,24-27H,23H2,1H3. The first-order valence-corrected chi connectivity index (χ1v) is 17.4. The molecule has 10 aromatic rings. The second-order valence-corrected chi connectivity index (χ2v) is 13.6. The topological polar surface area (TPSA) is 55.6 Å². The van der Waals surface area contributed by atoms with Gasteiger partial charge in [-0.25, -0.2) is 4.98 Å². The normalized spacial score (nSPS) is 14.9. The van der Waals surface area contributed by atoms with Crippen LogP contribution in [-0.2, 0) is 0 Å². The summed E-state index contributed by atoms with van der Waals surface area (Å²) in [4.78, 5) is 7.38. The van der Waals surface area contributed by atoms with Crippen molar-refractivity contribution in [2.45, 2.75) is 13.3 Å². The lowest BCUT2D eigenvalue weighted by Gasteiger charge is -2.26. The fourth-order valence-corrected chi connectivity index (χ4v) is 8.00. The van der Waals surface area contributed by atoms with E-state index in [0.29, 0.717) is 11.8 Å². The van der Waals surface area contributed by atoms with E-state index in [1.54, 1.807) is 0 Å². The number of furan rings is 2. The van der Waals surface area contributed by atoms with E-state index in [0.717, 1.165) is 106 Å². The van der Waals surface area contributed by atoms with Gasteiger partial charge in [0.2, 0.25) is 5.89 Å². The van der Waals surface area contributed by atoms with Gasteiger partial charge in [0.15, 0.2) is 5.58 Å². The highest BCUT2D eigenvalue weighted by Gasteiger charge is 2.22. The molecule has 1 aliphatic carbocycles. The molecule has 5 nitrogen and oxygen atoms in total. The van der Waals surface area contributed by atoms with Crippen LogP contribution in [0, 0.1) is 5.92 Å². The van der Waals surface area contributed by atoms with E-state index in [1.807, 2.05) is 24.3 Å². The van der Waals surface area contributed by atoms with Gasteiger partial charge in [0.05, 0.1) is 0 Å². The average Bonchev–Trinajstić information content (AvgIpc) is 3.89. The number of rotatable bonds is 4. The summed E-state index contributed by atoms with van der Waals surface area (Å²) in [6, 6.07) is 44.5. The third kappa shape index (κ3) is 4.31. The first-order valence-electron chi connectivity index (χ1n) is 17.4.